The molecule has 1 aromatic rings. The van der Waals surface area contributed by atoms with E-state index < -0.39 is 6.04 Å². The van der Waals surface area contributed by atoms with E-state index in [2.05, 4.69) is 13.8 Å². The molecule has 0 saturated carbocycles. The maximum Gasteiger partial charge on any atom is 0.323 e. The van der Waals surface area contributed by atoms with Gasteiger partial charge in [0.15, 0.2) is 0 Å². The van der Waals surface area contributed by atoms with Crippen molar-refractivity contribution in [3.63, 3.8) is 0 Å². The molecule has 0 aromatic heterocycles. The normalized spacial score (nSPS) is 13.5. The van der Waals surface area contributed by atoms with Crippen LogP contribution in [0.1, 0.15) is 70.8 Å². The third-order valence-corrected chi connectivity index (χ3v) is 4.49. The van der Waals surface area contributed by atoms with Crippen LogP contribution in [0.4, 0.5) is 0 Å². The maximum absolute atomic E-state index is 12.2. The first-order chi connectivity index (χ1) is 11.7. The minimum absolute atomic E-state index is 0.270. The summed E-state index contributed by atoms with van der Waals surface area (Å²) in [5.74, 6) is 0.212. The van der Waals surface area contributed by atoms with Gasteiger partial charge in [0.2, 0.25) is 0 Å². The van der Waals surface area contributed by atoms with Gasteiger partial charge in [0, 0.05) is 0 Å². The van der Waals surface area contributed by atoms with Gasteiger partial charge >= 0.3 is 5.97 Å². The molecule has 0 bridgehead atoms. The molecule has 0 aliphatic rings. The van der Waals surface area contributed by atoms with Crippen LogP contribution in [-0.4, -0.2) is 18.6 Å². The Bertz CT molecular complexity index is 433. The topological polar surface area (TPSA) is 52.3 Å². The van der Waals surface area contributed by atoms with Crippen molar-refractivity contribution in [2.75, 3.05) is 6.61 Å². The van der Waals surface area contributed by atoms with Gasteiger partial charge in [-0.15, -0.1) is 0 Å². The van der Waals surface area contributed by atoms with Gasteiger partial charge in [0.05, 0.1) is 6.61 Å². The van der Waals surface area contributed by atoms with Crippen molar-refractivity contribution >= 4 is 5.97 Å². The summed E-state index contributed by atoms with van der Waals surface area (Å²) in [6.45, 7) is 4.95. The number of esters is 1. The van der Waals surface area contributed by atoms with E-state index in [1.54, 1.807) is 0 Å². The fourth-order valence-electron chi connectivity index (χ4n) is 2.92. The minimum atomic E-state index is -0.570. The summed E-state index contributed by atoms with van der Waals surface area (Å²) in [4.78, 5) is 12.2. The zero-order chi connectivity index (χ0) is 17.6. The molecule has 0 radical (unpaired) electrons. The Kier molecular flexibility index (Phi) is 11.2. The van der Waals surface area contributed by atoms with Crippen LogP contribution in [0.15, 0.2) is 30.3 Å². The van der Waals surface area contributed by atoms with Crippen molar-refractivity contribution in [3.8, 4) is 0 Å². The van der Waals surface area contributed by atoms with Crippen molar-refractivity contribution in [1.82, 2.24) is 0 Å². The van der Waals surface area contributed by atoms with Crippen molar-refractivity contribution < 1.29 is 9.53 Å². The third-order valence-electron chi connectivity index (χ3n) is 4.49. The van der Waals surface area contributed by atoms with Gasteiger partial charge < -0.3 is 10.5 Å². The Morgan fingerprint density at radius 1 is 1.00 bits per heavy atom. The largest absolute Gasteiger partial charge is 0.464 e. The number of hydrogen-bond donors (Lipinski definition) is 1. The second-order valence-corrected chi connectivity index (χ2v) is 6.78. The summed E-state index contributed by atoms with van der Waals surface area (Å²) >= 11 is 0. The van der Waals surface area contributed by atoms with Crippen LogP contribution >= 0.6 is 0 Å². The van der Waals surface area contributed by atoms with Gasteiger partial charge in [0.1, 0.15) is 6.04 Å². The Labute approximate surface area is 148 Å². The Hall–Kier alpha value is -1.35. The molecule has 0 aliphatic carbocycles. The Morgan fingerprint density at radius 3 is 2.33 bits per heavy atom. The van der Waals surface area contributed by atoms with Crippen molar-refractivity contribution in [2.24, 2.45) is 11.7 Å². The zero-order valence-corrected chi connectivity index (χ0v) is 15.5. The predicted molar refractivity (Wildman–Crippen MR) is 101 cm³/mol. The predicted octanol–water partition coefficient (Wildman–Crippen LogP) is 4.88. The monoisotopic (exact) mass is 333 g/mol. The van der Waals surface area contributed by atoms with Crippen LogP contribution in [0, 0.1) is 5.92 Å². The van der Waals surface area contributed by atoms with Gasteiger partial charge in [-0.05, 0) is 30.7 Å². The average molecular weight is 334 g/mol. The fraction of sp³-hybridized carbons (Fsp3) is 0.667. The molecular weight excluding hydrogens is 298 g/mol. The Morgan fingerprint density at radius 2 is 1.67 bits per heavy atom. The summed E-state index contributed by atoms with van der Waals surface area (Å²) in [5.41, 5.74) is 7.07. The van der Waals surface area contributed by atoms with Gasteiger partial charge in [-0.25, -0.2) is 0 Å². The number of carbonyl (C=O) groups is 1. The van der Waals surface area contributed by atoms with Crippen LogP contribution in [-0.2, 0) is 16.0 Å². The van der Waals surface area contributed by atoms with Crippen LogP contribution in [0.2, 0.25) is 0 Å². The molecule has 1 aromatic carbocycles. The van der Waals surface area contributed by atoms with Gasteiger partial charge in [-0.3, -0.25) is 4.79 Å². The highest BCUT2D eigenvalue weighted by Crippen LogP contribution is 2.18. The van der Waals surface area contributed by atoms with Crippen LogP contribution < -0.4 is 5.73 Å². The van der Waals surface area contributed by atoms with Crippen molar-refractivity contribution in [1.29, 1.82) is 0 Å². The lowest BCUT2D eigenvalue weighted by Gasteiger charge is -2.18. The number of ether oxygens (including phenoxy) is 1. The smallest absolute Gasteiger partial charge is 0.323 e. The zero-order valence-electron chi connectivity index (χ0n) is 15.5. The average Bonchev–Trinajstić information content (AvgIpc) is 2.60. The number of unbranched alkanes of at least 4 members (excludes halogenated alkanes) is 4. The van der Waals surface area contributed by atoms with Crippen LogP contribution in [0.25, 0.3) is 0 Å². The Balaban J connectivity index is 2.35. The molecule has 3 heteroatoms. The van der Waals surface area contributed by atoms with Crippen molar-refractivity contribution in [2.45, 2.75) is 77.7 Å². The lowest BCUT2D eigenvalue weighted by atomic mass is 9.96. The first-order valence-electron chi connectivity index (χ1n) is 9.63. The fourth-order valence-corrected chi connectivity index (χ4v) is 2.92. The van der Waals surface area contributed by atoms with Crippen molar-refractivity contribution in [3.05, 3.63) is 35.9 Å². The lowest BCUT2D eigenvalue weighted by molar-refractivity contribution is -0.146. The quantitative estimate of drug-likeness (QED) is 0.413. The number of hydrogen-bond acceptors (Lipinski definition) is 3. The number of benzene rings is 1. The first-order valence-corrected chi connectivity index (χ1v) is 9.63. The van der Waals surface area contributed by atoms with Crippen LogP contribution in [0.5, 0.6) is 0 Å². The maximum atomic E-state index is 12.2. The molecule has 0 aliphatic heterocycles. The minimum Gasteiger partial charge on any atom is -0.464 e. The van der Waals surface area contributed by atoms with E-state index in [1.807, 2.05) is 30.3 Å². The molecular formula is C21H35NO2. The number of carbonyl (C=O) groups excluding carboxylic acids is 1. The molecule has 24 heavy (non-hydrogen) atoms. The SMILES string of the molecule is CCCCCCC(CCCC)COC(=O)C(N)Cc1ccccc1. The lowest BCUT2D eigenvalue weighted by Crippen LogP contribution is -2.35. The third kappa shape index (κ3) is 9.07. The summed E-state index contributed by atoms with van der Waals surface area (Å²) in [6.07, 6.45) is 10.3. The molecule has 0 amide bonds. The summed E-state index contributed by atoms with van der Waals surface area (Å²) < 4.78 is 5.53. The molecule has 1 rings (SSSR count). The molecule has 2 unspecified atom stereocenters. The molecule has 2 N–H and O–H groups in total. The number of nitrogens with two attached hydrogens (primary N) is 1. The van der Waals surface area contributed by atoms with E-state index in [0.717, 1.165) is 18.4 Å². The molecule has 136 valence electrons. The first kappa shape index (κ1) is 20.7. The molecule has 0 fully saturated rings. The second kappa shape index (κ2) is 13.0. The van der Waals surface area contributed by atoms with Gasteiger partial charge in [0.25, 0.3) is 0 Å². The van der Waals surface area contributed by atoms with E-state index in [0.29, 0.717) is 18.9 Å². The summed E-state index contributed by atoms with van der Waals surface area (Å²) in [7, 11) is 0. The molecule has 0 saturated heterocycles. The standard InChI is InChI=1S/C21H35NO2/c1-3-5-7-9-15-19(12-6-4-2)17-24-21(23)20(22)16-18-13-10-8-11-14-18/h8,10-11,13-14,19-20H,3-7,9,12,15-17,22H2,1-2H3. The van der Waals surface area contributed by atoms with E-state index in [1.165, 1.54) is 38.5 Å². The second-order valence-electron chi connectivity index (χ2n) is 6.78. The highest BCUT2D eigenvalue weighted by molar-refractivity contribution is 5.75. The van der Waals surface area contributed by atoms with E-state index >= 15 is 0 Å². The van der Waals surface area contributed by atoms with E-state index in [-0.39, 0.29) is 5.97 Å². The molecule has 0 spiro atoms. The van der Waals surface area contributed by atoms with Gasteiger partial charge in [-0.1, -0.05) is 82.7 Å². The summed E-state index contributed by atoms with van der Waals surface area (Å²) in [6, 6.07) is 9.30. The highest BCUT2D eigenvalue weighted by Gasteiger charge is 2.18. The highest BCUT2D eigenvalue weighted by atomic mass is 16.5. The molecule has 3 nitrogen and oxygen atoms in total. The molecule has 2 atom stereocenters. The van der Waals surface area contributed by atoms with Gasteiger partial charge in [-0.2, -0.15) is 0 Å². The number of rotatable bonds is 13. The summed E-state index contributed by atoms with van der Waals surface area (Å²) in [5, 5.41) is 0. The van der Waals surface area contributed by atoms with Crippen LogP contribution in [0.3, 0.4) is 0 Å². The van der Waals surface area contributed by atoms with E-state index in [9.17, 15) is 4.79 Å². The molecule has 0 heterocycles. The van der Waals surface area contributed by atoms with E-state index in [4.69, 9.17) is 10.5 Å².